The molecular formula is C10H5F2NO2. The number of pyridine rings is 1. The van der Waals surface area contributed by atoms with E-state index < -0.39 is 17.6 Å². The summed E-state index contributed by atoms with van der Waals surface area (Å²) in [6.45, 7) is 0. The second-order valence-corrected chi connectivity index (χ2v) is 2.92. The molecule has 0 saturated heterocycles. The maximum absolute atomic E-state index is 13.2. The van der Waals surface area contributed by atoms with E-state index in [1.807, 2.05) is 0 Å². The van der Waals surface area contributed by atoms with E-state index in [1.54, 1.807) is 0 Å². The lowest BCUT2D eigenvalue weighted by atomic mass is 10.1. The van der Waals surface area contributed by atoms with Gasteiger partial charge < -0.3 is 5.11 Å². The highest BCUT2D eigenvalue weighted by atomic mass is 19.2. The number of benzene rings is 1. The fourth-order valence-corrected chi connectivity index (χ4v) is 1.36. The minimum atomic E-state index is -1.27. The van der Waals surface area contributed by atoms with Crippen molar-refractivity contribution >= 4 is 16.7 Å². The van der Waals surface area contributed by atoms with Crippen LogP contribution in [0, 0.1) is 11.6 Å². The number of nitrogens with zero attached hydrogens (tertiary/aromatic N) is 1. The number of hydrogen-bond donors (Lipinski definition) is 1. The van der Waals surface area contributed by atoms with Crippen LogP contribution in [0.2, 0.25) is 0 Å². The molecule has 0 saturated carbocycles. The van der Waals surface area contributed by atoms with Gasteiger partial charge in [0, 0.05) is 17.0 Å². The largest absolute Gasteiger partial charge is 0.476 e. The topological polar surface area (TPSA) is 50.2 Å². The number of halogens is 2. The van der Waals surface area contributed by atoms with Gasteiger partial charge in [0.1, 0.15) is 0 Å². The number of fused-ring (bicyclic) bond motifs is 1. The first-order valence-electron chi connectivity index (χ1n) is 4.07. The molecule has 0 aliphatic heterocycles. The summed E-state index contributed by atoms with van der Waals surface area (Å²) in [5.74, 6) is -3.34. The van der Waals surface area contributed by atoms with E-state index in [-0.39, 0.29) is 16.5 Å². The number of carbonyl (C=O) groups is 1. The summed E-state index contributed by atoms with van der Waals surface area (Å²) >= 11 is 0. The van der Waals surface area contributed by atoms with Crippen molar-refractivity contribution in [1.29, 1.82) is 0 Å². The zero-order chi connectivity index (χ0) is 11.0. The minimum absolute atomic E-state index is 0.0811. The smallest absolute Gasteiger partial charge is 0.355 e. The second-order valence-electron chi connectivity index (χ2n) is 2.92. The molecule has 0 bridgehead atoms. The van der Waals surface area contributed by atoms with Crippen molar-refractivity contribution in [3.8, 4) is 0 Å². The van der Waals surface area contributed by atoms with Crippen LogP contribution in [0.15, 0.2) is 24.4 Å². The molecule has 0 fully saturated rings. The minimum Gasteiger partial charge on any atom is -0.476 e. The normalized spacial score (nSPS) is 10.5. The molecule has 0 aliphatic carbocycles. The summed E-state index contributed by atoms with van der Waals surface area (Å²) in [5.41, 5.74) is -0.286. The van der Waals surface area contributed by atoms with Gasteiger partial charge in [-0.25, -0.2) is 18.6 Å². The molecule has 0 radical (unpaired) electrons. The molecule has 1 aromatic heterocycles. The van der Waals surface area contributed by atoms with Gasteiger partial charge in [-0.1, -0.05) is 0 Å². The Balaban J connectivity index is 2.89. The maximum atomic E-state index is 13.2. The highest BCUT2D eigenvalue weighted by Gasteiger charge is 2.14. The molecule has 3 nitrogen and oxygen atoms in total. The van der Waals surface area contributed by atoms with Gasteiger partial charge in [-0.2, -0.15) is 0 Å². The van der Waals surface area contributed by atoms with E-state index in [1.165, 1.54) is 12.1 Å². The van der Waals surface area contributed by atoms with Gasteiger partial charge in [0.2, 0.25) is 0 Å². The Hall–Kier alpha value is -2.04. The van der Waals surface area contributed by atoms with Crippen LogP contribution in [0.25, 0.3) is 10.8 Å². The molecule has 0 spiro atoms. The van der Waals surface area contributed by atoms with Gasteiger partial charge in [0.05, 0.1) is 0 Å². The molecule has 2 aromatic rings. The lowest BCUT2D eigenvalue weighted by Crippen LogP contribution is -2.01. The van der Waals surface area contributed by atoms with E-state index in [2.05, 4.69) is 4.98 Å². The average molecular weight is 209 g/mol. The Morgan fingerprint density at radius 2 is 1.93 bits per heavy atom. The fraction of sp³-hybridized carbons (Fsp3) is 0. The molecule has 1 heterocycles. The van der Waals surface area contributed by atoms with Crippen LogP contribution < -0.4 is 0 Å². The van der Waals surface area contributed by atoms with E-state index in [0.717, 1.165) is 12.3 Å². The second kappa shape index (κ2) is 3.27. The summed E-state index contributed by atoms with van der Waals surface area (Å²) in [4.78, 5) is 14.3. The first-order valence-corrected chi connectivity index (χ1v) is 4.07. The fourth-order valence-electron chi connectivity index (χ4n) is 1.36. The predicted molar refractivity (Wildman–Crippen MR) is 48.6 cm³/mol. The third-order valence-corrected chi connectivity index (χ3v) is 2.04. The van der Waals surface area contributed by atoms with Crippen LogP contribution in [0.3, 0.4) is 0 Å². The number of hydrogen-bond acceptors (Lipinski definition) is 2. The van der Waals surface area contributed by atoms with Crippen LogP contribution in [0.1, 0.15) is 10.5 Å². The molecule has 1 N–H and O–H groups in total. The first kappa shape index (κ1) is 9.51. The summed E-state index contributed by atoms with van der Waals surface area (Å²) < 4.78 is 26.1. The van der Waals surface area contributed by atoms with Gasteiger partial charge in [-0.05, 0) is 18.2 Å². The molecule has 0 atom stereocenters. The van der Waals surface area contributed by atoms with Crippen molar-refractivity contribution in [1.82, 2.24) is 4.98 Å². The number of carboxylic acids is 1. The average Bonchev–Trinajstić information content (AvgIpc) is 2.23. The third-order valence-electron chi connectivity index (χ3n) is 2.04. The third kappa shape index (κ3) is 1.41. The summed E-state index contributed by atoms with van der Waals surface area (Å²) in [6.07, 6.45) is 1.13. The zero-order valence-corrected chi connectivity index (χ0v) is 7.37. The molecule has 0 amide bonds. The van der Waals surface area contributed by atoms with Crippen molar-refractivity contribution in [2.75, 3.05) is 0 Å². The SMILES string of the molecule is O=C(O)c1nccc2c(F)c(F)ccc12. The zero-order valence-electron chi connectivity index (χ0n) is 7.37. The van der Waals surface area contributed by atoms with Gasteiger partial charge in [-0.3, -0.25) is 0 Å². The van der Waals surface area contributed by atoms with Crippen molar-refractivity contribution in [3.05, 3.63) is 41.7 Å². The lowest BCUT2D eigenvalue weighted by molar-refractivity contribution is 0.0693. The van der Waals surface area contributed by atoms with Gasteiger partial charge in [-0.15, -0.1) is 0 Å². The lowest BCUT2D eigenvalue weighted by Gasteiger charge is -2.02. The van der Waals surface area contributed by atoms with Crippen molar-refractivity contribution in [2.24, 2.45) is 0 Å². The van der Waals surface area contributed by atoms with Gasteiger partial charge in [0.15, 0.2) is 17.3 Å². The number of aromatic nitrogens is 1. The molecule has 2 rings (SSSR count). The van der Waals surface area contributed by atoms with Crippen LogP contribution in [-0.2, 0) is 0 Å². The van der Waals surface area contributed by atoms with Crippen molar-refractivity contribution < 1.29 is 18.7 Å². The first-order chi connectivity index (χ1) is 7.11. The van der Waals surface area contributed by atoms with E-state index in [0.29, 0.717) is 0 Å². The van der Waals surface area contributed by atoms with Crippen LogP contribution in [0.5, 0.6) is 0 Å². The van der Waals surface area contributed by atoms with Crippen molar-refractivity contribution in [2.45, 2.75) is 0 Å². The van der Waals surface area contributed by atoms with E-state index in [9.17, 15) is 13.6 Å². The Morgan fingerprint density at radius 1 is 1.20 bits per heavy atom. The molecule has 1 aromatic carbocycles. The monoisotopic (exact) mass is 209 g/mol. The molecule has 0 aliphatic rings. The number of carboxylic acid groups (broad SMARTS) is 1. The summed E-state index contributed by atoms with van der Waals surface area (Å²) in [6, 6.07) is 3.32. The number of aromatic carboxylic acids is 1. The Labute approximate surface area is 83.0 Å². The molecule has 5 heteroatoms. The standard InChI is InChI=1S/C10H5F2NO2/c11-7-2-1-6-5(8(7)12)3-4-13-9(6)10(14)15/h1-4H,(H,14,15). The molecule has 15 heavy (non-hydrogen) atoms. The quantitative estimate of drug-likeness (QED) is 0.783. The maximum Gasteiger partial charge on any atom is 0.355 e. The number of rotatable bonds is 1. The Kier molecular flexibility index (Phi) is 2.07. The highest BCUT2D eigenvalue weighted by Crippen LogP contribution is 2.21. The van der Waals surface area contributed by atoms with Gasteiger partial charge >= 0.3 is 5.97 Å². The summed E-state index contributed by atoms with van der Waals surface area (Å²) in [5, 5.41) is 8.77. The van der Waals surface area contributed by atoms with Crippen LogP contribution in [-0.4, -0.2) is 16.1 Å². The van der Waals surface area contributed by atoms with Gasteiger partial charge in [0.25, 0.3) is 0 Å². The predicted octanol–water partition coefficient (Wildman–Crippen LogP) is 2.21. The van der Waals surface area contributed by atoms with Crippen LogP contribution >= 0.6 is 0 Å². The Morgan fingerprint density at radius 3 is 2.60 bits per heavy atom. The summed E-state index contributed by atoms with van der Waals surface area (Å²) in [7, 11) is 0. The van der Waals surface area contributed by atoms with Crippen molar-refractivity contribution in [3.63, 3.8) is 0 Å². The van der Waals surface area contributed by atoms with E-state index in [4.69, 9.17) is 5.11 Å². The molecule has 0 unspecified atom stereocenters. The highest BCUT2D eigenvalue weighted by molar-refractivity contribution is 6.01. The molecule has 76 valence electrons. The van der Waals surface area contributed by atoms with E-state index >= 15 is 0 Å². The van der Waals surface area contributed by atoms with Crippen LogP contribution in [0.4, 0.5) is 8.78 Å². The Bertz CT molecular complexity index is 554. The molecular weight excluding hydrogens is 204 g/mol.